The molecule has 0 spiro atoms. The van der Waals surface area contributed by atoms with Gasteiger partial charge in [-0.2, -0.15) is 0 Å². The highest BCUT2D eigenvalue weighted by Gasteiger charge is 2.37. The van der Waals surface area contributed by atoms with Crippen LogP contribution in [0.5, 0.6) is 0 Å². The van der Waals surface area contributed by atoms with E-state index in [0.29, 0.717) is 11.1 Å². The van der Waals surface area contributed by atoms with Crippen LogP contribution in [0.4, 0.5) is 0 Å². The first kappa shape index (κ1) is 7.09. The molecule has 12 heavy (non-hydrogen) atoms. The molecule has 2 aliphatic carbocycles. The minimum absolute atomic E-state index is 0.137. The standard InChI is InChI=1S/C8H6O4/c9-5-1-3(7(5)11)4-2-6(10)8(4)12/h11-12H,1-2H2. The summed E-state index contributed by atoms with van der Waals surface area (Å²) in [5, 5.41) is 18.0. The van der Waals surface area contributed by atoms with Gasteiger partial charge in [-0.15, -0.1) is 0 Å². The fourth-order valence-electron chi connectivity index (χ4n) is 1.28. The highest BCUT2D eigenvalue weighted by molar-refractivity contribution is 6.10. The first-order chi connectivity index (χ1) is 5.61. The Bertz CT molecular complexity index is 323. The highest BCUT2D eigenvalue weighted by Crippen LogP contribution is 2.37. The summed E-state index contributed by atoms with van der Waals surface area (Å²) in [5.41, 5.74) is 0.856. The SMILES string of the molecule is O=C1CC(C2=C(O)C(=O)C2)=C1O. The highest BCUT2D eigenvalue weighted by atomic mass is 16.3. The zero-order valence-corrected chi connectivity index (χ0v) is 6.13. The monoisotopic (exact) mass is 166 g/mol. The zero-order chi connectivity index (χ0) is 8.88. The molecule has 0 aromatic rings. The molecule has 62 valence electrons. The molecular formula is C8H6O4. The van der Waals surface area contributed by atoms with Crippen molar-refractivity contribution in [3.63, 3.8) is 0 Å². The number of allylic oxidation sites excluding steroid dienone is 4. The molecule has 0 radical (unpaired) electrons. The molecule has 0 aromatic carbocycles. The van der Waals surface area contributed by atoms with Crippen LogP contribution in [0.1, 0.15) is 12.8 Å². The summed E-state index contributed by atoms with van der Waals surface area (Å²) in [6.07, 6.45) is 0.275. The third kappa shape index (κ3) is 0.664. The lowest BCUT2D eigenvalue weighted by molar-refractivity contribution is -0.121. The molecule has 2 rings (SSSR count). The average Bonchev–Trinajstić information content (AvgIpc) is 2.09. The lowest BCUT2D eigenvalue weighted by Gasteiger charge is -2.25. The first-order valence-corrected chi connectivity index (χ1v) is 3.52. The van der Waals surface area contributed by atoms with Crippen LogP contribution < -0.4 is 0 Å². The molecule has 0 fully saturated rings. The maximum Gasteiger partial charge on any atom is 0.201 e. The maximum atomic E-state index is 10.6. The molecule has 0 bridgehead atoms. The fourth-order valence-corrected chi connectivity index (χ4v) is 1.28. The van der Waals surface area contributed by atoms with Gasteiger partial charge in [-0.3, -0.25) is 9.59 Å². The number of carbonyl (C=O) groups is 2. The van der Waals surface area contributed by atoms with Gasteiger partial charge in [0.1, 0.15) is 0 Å². The maximum absolute atomic E-state index is 10.6. The topological polar surface area (TPSA) is 74.6 Å². The Hall–Kier alpha value is -1.58. The van der Waals surface area contributed by atoms with Crippen molar-refractivity contribution >= 4 is 11.6 Å². The van der Waals surface area contributed by atoms with E-state index < -0.39 is 0 Å². The van der Waals surface area contributed by atoms with Gasteiger partial charge in [0.2, 0.25) is 11.6 Å². The van der Waals surface area contributed by atoms with Gasteiger partial charge in [-0.05, 0) is 0 Å². The Morgan fingerprint density at radius 2 is 1.17 bits per heavy atom. The van der Waals surface area contributed by atoms with Crippen LogP contribution in [0, 0.1) is 0 Å². The molecule has 2 aliphatic rings. The first-order valence-electron chi connectivity index (χ1n) is 3.52. The zero-order valence-electron chi connectivity index (χ0n) is 6.13. The van der Waals surface area contributed by atoms with Crippen molar-refractivity contribution in [2.45, 2.75) is 12.8 Å². The van der Waals surface area contributed by atoms with Gasteiger partial charge < -0.3 is 10.2 Å². The Balaban J connectivity index is 2.37. The van der Waals surface area contributed by atoms with Crippen molar-refractivity contribution in [3.05, 3.63) is 22.7 Å². The van der Waals surface area contributed by atoms with E-state index in [1.165, 1.54) is 0 Å². The predicted octanol–water partition coefficient (Wildman–Crippen LogP) is 0.556. The Morgan fingerprint density at radius 1 is 0.833 bits per heavy atom. The number of rotatable bonds is 1. The number of hydrogen-bond acceptors (Lipinski definition) is 4. The smallest absolute Gasteiger partial charge is 0.201 e. The molecule has 0 heterocycles. The normalized spacial score (nSPS) is 22.7. The van der Waals surface area contributed by atoms with Crippen LogP contribution in [0.3, 0.4) is 0 Å². The van der Waals surface area contributed by atoms with E-state index in [1.54, 1.807) is 0 Å². The Labute approximate surface area is 67.8 Å². The van der Waals surface area contributed by atoms with Crippen molar-refractivity contribution in [1.82, 2.24) is 0 Å². The molecule has 0 amide bonds. The van der Waals surface area contributed by atoms with Crippen molar-refractivity contribution in [1.29, 1.82) is 0 Å². The largest absolute Gasteiger partial charge is 0.504 e. The fraction of sp³-hybridized carbons (Fsp3) is 0.250. The third-order valence-corrected chi connectivity index (χ3v) is 2.14. The average molecular weight is 166 g/mol. The minimum Gasteiger partial charge on any atom is -0.504 e. The van der Waals surface area contributed by atoms with Gasteiger partial charge in [-0.25, -0.2) is 0 Å². The second-order valence-electron chi connectivity index (χ2n) is 2.85. The quantitative estimate of drug-likeness (QED) is 0.596. The molecule has 0 unspecified atom stereocenters. The molecule has 0 aromatic heterocycles. The third-order valence-electron chi connectivity index (χ3n) is 2.14. The summed E-state index contributed by atoms with van der Waals surface area (Å²) in [7, 11) is 0. The number of carbonyl (C=O) groups excluding carboxylic acids is 2. The van der Waals surface area contributed by atoms with Crippen molar-refractivity contribution in [2.24, 2.45) is 0 Å². The second kappa shape index (κ2) is 1.97. The van der Waals surface area contributed by atoms with Crippen molar-refractivity contribution in [3.8, 4) is 0 Å². The van der Waals surface area contributed by atoms with Crippen molar-refractivity contribution in [2.75, 3.05) is 0 Å². The van der Waals surface area contributed by atoms with E-state index in [4.69, 9.17) is 10.2 Å². The van der Waals surface area contributed by atoms with Gasteiger partial charge in [0.25, 0.3) is 0 Å². The summed E-state index contributed by atoms with van der Waals surface area (Å²) >= 11 is 0. The van der Waals surface area contributed by atoms with Gasteiger partial charge >= 0.3 is 0 Å². The molecular weight excluding hydrogens is 160 g/mol. The van der Waals surface area contributed by atoms with E-state index in [0.717, 1.165) is 0 Å². The number of aliphatic hydroxyl groups is 2. The van der Waals surface area contributed by atoms with Crippen LogP contribution in [0.15, 0.2) is 22.7 Å². The Morgan fingerprint density at radius 3 is 1.33 bits per heavy atom. The van der Waals surface area contributed by atoms with Crippen LogP contribution in [0.25, 0.3) is 0 Å². The molecule has 4 nitrogen and oxygen atoms in total. The second-order valence-corrected chi connectivity index (χ2v) is 2.85. The van der Waals surface area contributed by atoms with Gasteiger partial charge in [0, 0.05) is 24.0 Å². The van der Waals surface area contributed by atoms with Crippen LogP contribution >= 0.6 is 0 Å². The summed E-state index contributed by atoms with van der Waals surface area (Å²) in [6, 6.07) is 0. The summed E-state index contributed by atoms with van der Waals surface area (Å²) in [6.45, 7) is 0. The van der Waals surface area contributed by atoms with E-state index >= 15 is 0 Å². The summed E-state index contributed by atoms with van der Waals surface area (Å²) < 4.78 is 0. The van der Waals surface area contributed by atoms with E-state index in [9.17, 15) is 9.59 Å². The van der Waals surface area contributed by atoms with Crippen molar-refractivity contribution < 1.29 is 19.8 Å². The number of Topliss-reactive ketones (excluding diaryl/α,β-unsaturated/α-hetero) is 2. The molecule has 0 saturated carbocycles. The minimum atomic E-state index is -0.329. The van der Waals surface area contributed by atoms with E-state index in [2.05, 4.69) is 0 Å². The predicted molar refractivity (Wildman–Crippen MR) is 38.6 cm³/mol. The molecule has 2 N–H and O–H groups in total. The molecule has 0 saturated heterocycles. The van der Waals surface area contributed by atoms with Gasteiger partial charge in [0.15, 0.2) is 11.5 Å². The number of aliphatic hydroxyl groups excluding tert-OH is 2. The van der Waals surface area contributed by atoms with E-state index in [-0.39, 0.29) is 35.9 Å². The summed E-state index contributed by atoms with van der Waals surface area (Å²) in [4.78, 5) is 21.2. The number of hydrogen-bond donors (Lipinski definition) is 2. The Kier molecular flexibility index (Phi) is 1.16. The summed E-state index contributed by atoms with van der Waals surface area (Å²) in [5.74, 6) is -1.26. The number of ketones is 2. The van der Waals surface area contributed by atoms with Gasteiger partial charge in [-0.1, -0.05) is 0 Å². The lowest BCUT2D eigenvalue weighted by atomic mass is 9.79. The molecule has 0 aliphatic heterocycles. The molecule has 4 heteroatoms. The van der Waals surface area contributed by atoms with Gasteiger partial charge in [0.05, 0.1) is 0 Å². The van der Waals surface area contributed by atoms with Crippen LogP contribution in [-0.4, -0.2) is 21.8 Å². The van der Waals surface area contributed by atoms with E-state index in [1.807, 2.05) is 0 Å². The lowest BCUT2D eigenvalue weighted by Crippen LogP contribution is -2.27. The van der Waals surface area contributed by atoms with Crippen LogP contribution in [-0.2, 0) is 9.59 Å². The van der Waals surface area contributed by atoms with Crippen LogP contribution in [0.2, 0.25) is 0 Å². The molecule has 0 atom stereocenters.